The molecule has 1 heteroatoms. The summed E-state index contributed by atoms with van der Waals surface area (Å²) in [5.41, 5.74) is 5.44. The number of allylic oxidation sites excluding steroid dienone is 1. The molecule has 1 unspecified atom stereocenters. The summed E-state index contributed by atoms with van der Waals surface area (Å²) >= 11 is 2.90. The minimum Gasteiger partial charge on any atom is -0.0842 e. The summed E-state index contributed by atoms with van der Waals surface area (Å²) < 4.78 is 0.450. The highest BCUT2D eigenvalue weighted by Crippen LogP contribution is 2.37. The van der Waals surface area contributed by atoms with Crippen molar-refractivity contribution < 1.29 is 0 Å². The van der Waals surface area contributed by atoms with E-state index in [-0.39, 0.29) is 0 Å². The Hall–Kier alpha value is -1.29. The first-order chi connectivity index (χ1) is 9.77. The van der Waals surface area contributed by atoms with Gasteiger partial charge < -0.3 is 0 Å². The van der Waals surface area contributed by atoms with E-state index in [2.05, 4.69) is 90.8 Å². The van der Waals surface area contributed by atoms with Crippen molar-refractivity contribution in [3.8, 4) is 0 Å². The molecule has 0 nitrogen and oxygen atoms in total. The molecule has 0 fully saturated rings. The summed E-state index contributed by atoms with van der Waals surface area (Å²) in [4.78, 5) is 0. The maximum absolute atomic E-state index is 2.90. The van der Waals surface area contributed by atoms with Crippen LogP contribution in [-0.4, -0.2) is 16.3 Å². The second-order valence-electron chi connectivity index (χ2n) is 5.06. The highest BCUT2D eigenvalue weighted by Gasteiger charge is 2.18. The Morgan fingerprint density at radius 2 is 1.45 bits per heavy atom. The molecular formula is C19H21Al. The van der Waals surface area contributed by atoms with E-state index in [0.29, 0.717) is 4.78 Å². The Morgan fingerprint density at radius 3 is 2.10 bits per heavy atom. The van der Waals surface area contributed by atoms with Gasteiger partial charge in [-0.1, -0.05) is 92.1 Å². The van der Waals surface area contributed by atoms with Gasteiger partial charge in [-0.15, -0.1) is 0 Å². The van der Waals surface area contributed by atoms with Gasteiger partial charge in [0.05, 0.1) is 0 Å². The van der Waals surface area contributed by atoms with Crippen LogP contribution in [0.1, 0.15) is 48.2 Å². The zero-order valence-corrected chi connectivity index (χ0v) is 13.5. The second-order valence-corrected chi connectivity index (χ2v) is 5.78. The Kier molecular flexibility index (Phi) is 5.65. The molecule has 1 atom stereocenters. The van der Waals surface area contributed by atoms with Crippen molar-refractivity contribution in [1.29, 1.82) is 0 Å². The number of hydrogen-bond donors (Lipinski definition) is 0. The lowest BCUT2D eigenvalue weighted by Crippen LogP contribution is -1.90. The van der Waals surface area contributed by atoms with Crippen molar-refractivity contribution >= 4 is 21.9 Å². The van der Waals surface area contributed by atoms with E-state index in [0.717, 1.165) is 0 Å². The van der Waals surface area contributed by atoms with Gasteiger partial charge in [0.1, 0.15) is 16.3 Å². The van der Waals surface area contributed by atoms with Crippen LogP contribution in [0.3, 0.4) is 0 Å². The van der Waals surface area contributed by atoms with E-state index in [1.54, 1.807) is 0 Å². The van der Waals surface area contributed by atoms with Crippen LogP contribution in [0.25, 0.3) is 5.57 Å². The zero-order valence-electron chi connectivity index (χ0n) is 12.3. The maximum atomic E-state index is 2.90. The predicted octanol–water partition coefficient (Wildman–Crippen LogP) is 5.15. The van der Waals surface area contributed by atoms with Crippen LogP contribution in [0.5, 0.6) is 0 Å². The molecule has 0 aliphatic heterocycles. The van der Waals surface area contributed by atoms with Gasteiger partial charge in [-0.2, -0.15) is 0 Å². The van der Waals surface area contributed by atoms with Crippen LogP contribution in [0.2, 0.25) is 0 Å². The van der Waals surface area contributed by atoms with Gasteiger partial charge in [-0.25, -0.2) is 0 Å². The van der Waals surface area contributed by atoms with E-state index in [4.69, 9.17) is 0 Å². The van der Waals surface area contributed by atoms with Gasteiger partial charge >= 0.3 is 0 Å². The number of unbranched alkanes of at least 4 members (excludes halogenated alkanes) is 1. The topological polar surface area (TPSA) is 0 Å². The molecule has 2 aromatic rings. The van der Waals surface area contributed by atoms with E-state index in [9.17, 15) is 0 Å². The standard InChI is InChI=1S/C15H11.C4H10.Al/c1-2-6-12(7-3-1)15-11-10-13-8-4-5-9-14(13)15;1-3-4-2;/h1-11H;3-4H2,1-2H3;. The highest BCUT2D eigenvalue weighted by molar-refractivity contribution is 6.16. The Bertz CT molecular complexity index is 567. The average molecular weight is 276 g/mol. The van der Waals surface area contributed by atoms with E-state index in [1.165, 1.54) is 35.1 Å². The van der Waals surface area contributed by atoms with E-state index < -0.39 is 0 Å². The van der Waals surface area contributed by atoms with Gasteiger partial charge in [-0.05, 0) is 22.3 Å². The largest absolute Gasteiger partial charge is 0.138 e. The quantitative estimate of drug-likeness (QED) is 0.666. The van der Waals surface area contributed by atoms with Gasteiger partial charge in [-0.3, -0.25) is 0 Å². The third-order valence-electron chi connectivity index (χ3n) is 3.54. The number of rotatable bonds is 2. The van der Waals surface area contributed by atoms with Crippen LogP contribution in [-0.2, 0) is 0 Å². The minimum absolute atomic E-state index is 0.450. The first-order valence-corrected chi connectivity index (χ1v) is 8.06. The summed E-state index contributed by atoms with van der Waals surface area (Å²) in [7, 11) is 0. The maximum Gasteiger partial charge on any atom is 0.138 e. The molecular weight excluding hydrogens is 255 g/mol. The Balaban J connectivity index is 0.000000328. The molecule has 20 heavy (non-hydrogen) atoms. The van der Waals surface area contributed by atoms with Gasteiger partial charge in [0.15, 0.2) is 0 Å². The molecule has 0 spiro atoms. The van der Waals surface area contributed by atoms with Crippen molar-refractivity contribution in [1.82, 2.24) is 0 Å². The van der Waals surface area contributed by atoms with Crippen molar-refractivity contribution in [2.24, 2.45) is 0 Å². The molecule has 0 saturated heterocycles. The molecule has 2 radical (unpaired) electrons. The van der Waals surface area contributed by atoms with Crippen molar-refractivity contribution in [3.63, 3.8) is 0 Å². The van der Waals surface area contributed by atoms with Crippen molar-refractivity contribution in [2.75, 3.05) is 0 Å². The van der Waals surface area contributed by atoms with Crippen LogP contribution < -0.4 is 0 Å². The first kappa shape index (κ1) is 15.1. The Morgan fingerprint density at radius 1 is 0.850 bits per heavy atom. The molecule has 0 aromatic heterocycles. The van der Waals surface area contributed by atoms with Crippen LogP contribution in [0.15, 0.2) is 60.7 Å². The van der Waals surface area contributed by atoms with Crippen LogP contribution in [0.4, 0.5) is 0 Å². The molecule has 3 rings (SSSR count). The molecule has 1 aliphatic rings. The molecule has 0 bridgehead atoms. The Labute approximate surface area is 131 Å². The lowest BCUT2D eigenvalue weighted by molar-refractivity contribution is 0.886. The number of hydrogen-bond acceptors (Lipinski definition) is 0. The summed E-state index contributed by atoms with van der Waals surface area (Å²) in [6, 6.07) is 19.2. The number of fused-ring (bicyclic) bond motifs is 1. The van der Waals surface area contributed by atoms with Crippen LogP contribution >= 0.6 is 0 Å². The molecule has 0 amide bonds. The first-order valence-electron chi connectivity index (χ1n) is 7.40. The molecule has 0 N–H and O–H groups in total. The van der Waals surface area contributed by atoms with Gasteiger partial charge in [0.2, 0.25) is 0 Å². The third-order valence-corrected chi connectivity index (χ3v) is 4.09. The molecule has 1 aliphatic carbocycles. The van der Waals surface area contributed by atoms with Crippen molar-refractivity contribution in [2.45, 2.75) is 31.5 Å². The average Bonchev–Trinajstić information content (AvgIpc) is 2.86. The monoisotopic (exact) mass is 276 g/mol. The van der Waals surface area contributed by atoms with Crippen molar-refractivity contribution in [3.05, 3.63) is 77.4 Å². The lowest BCUT2D eigenvalue weighted by atomic mass is 9.99. The fraction of sp³-hybridized carbons (Fsp3) is 0.263. The van der Waals surface area contributed by atoms with Gasteiger partial charge in [0, 0.05) is 0 Å². The second kappa shape index (κ2) is 7.48. The molecule has 0 heterocycles. The predicted molar refractivity (Wildman–Crippen MR) is 89.0 cm³/mol. The van der Waals surface area contributed by atoms with Crippen LogP contribution in [0, 0.1) is 0 Å². The van der Waals surface area contributed by atoms with E-state index in [1.807, 2.05) is 0 Å². The summed E-state index contributed by atoms with van der Waals surface area (Å²) in [6.07, 6.45) is 4.96. The fourth-order valence-electron chi connectivity index (χ4n) is 2.26. The SMILES string of the molecule is CCCC.[Al][CH]1C=C(c2ccccc2)c2ccccc21. The molecule has 2 aromatic carbocycles. The third kappa shape index (κ3) is 3.42. The molecule has 0 saturated carbocycles. The summed E-state index contributed by atoms with van der Waals surface area (Å²) in [5, 5.41) is 0. The fourth-order valence-corrected chi connectivity index (χ4v) is 2.74. The summed E-state index contributed by atoms with van der Waals surface area (Å²) in [6.45, 7) is 4.36. The smallest absolute Gasteiger partial charge is 0.0842 e. The lowest BCUT2D eigenvalue weighted by Gasteiger charge is -2.06. The number of benzene rings is 2. The highest BCUT2D eigenvalue weighted by atomic mass is 27.0. The minimum atomic E-state index is 0.450. The molecule has 100 valence electrons. The van der Waals surface area contributed by atoms with E-state index >= 15 is 0 Å². The van der Waals surface area contributed by atoms with Gasteiger partial charge in [0.25, 0.3) is 0 Å². The summed E-state index contributed by atoms with van der Waals surface area (Å²) in [5.74, 6) is 0. The zero-order chi connectivity index (χ0) is 14.4. The normalized spacial score (nSPS) is 15.9.